The minimum absolute atomic E-state index is 0.230. The van der Waals surface area contributed by atoms with Crippen LogP contribution >= 0.6 is 0 Å². The van der Waals surface area contributed by atoms with Gasteiger partial charge in [0.2, 0.25) is 0 Å². The minimum atomic E-state index is 0.230. The quantitative estimate of drug-likeness (QED) is 0.751. The van der Waals surface area contributed by atoms with E-state index in [0.717, 1.165) is 5.92 Å². The van der Waals surface area contributed by atoms with Crippen LogP contribution in [0.15, 0.2) is 42.5 Å². The fourth-order valence-corrected chi connectivity index (χ4v) is 4.26. The summed E-state index contributed by atoms with van der Waals surface area (Å²) in [5, 5.41) is 2.80. The number of nitrogens with two attached hydrogens (primary N) is 1. The number of nitrogens with zero attached hydrogens (tertiary/aromatic N) is 1. The fraction of sp³-hybridized carbons (Fsp3) is 0.429. The Labute approximate surface area is 137 Å². The molecule has 1 heterocycles. The number of hydrogen-bond donors (Lipinski definition) is 1. The molecule has 2 heteroatoms. The Morgan fingerprint density at radius 1 is 1.09 bits per heavy atom. The molecular weight excluding hydrogens is 280 g/mol. The molecule has 0 saturated heterocycles. The van der Waals surface area contributed by atoms with E-state index in [-0.39, 0.29) is 11.5 Å². The molecule has 2 N–H and O–H groups in total. The second-order valence-electron chi connectivity index (χ2n) is 7.75. The summed E-state index contributed by atoms with van der Waals surface area (Å²) in [5.41, 5.74) is 10.7. The molecule has 2 nitrogen and oxygen atoms in total. The second kappa shape index (κ2) is 4.61. The van der Waals surface area contributed by atoms with Gasteiger partial charge in [0.05, 0.1) is 0 Å². The Bertz CT molecular complexity index is 895. The van der Waals surface area contributed by atoms with Crippen LogP contribution in [0.1, 0.15) is 38.2 Å². The lowest BCUT2D eigenvalue weighted by molar-refractivity contribution is 0.557. The van der Waals surface area contributed by atoms with Crippen LogP contribution in [0, 0.1) is 5.92 Å². The first kappa shape index (κ1) is 13.6. The molecule has 3 aromatic rings. The van der Waals surface area contributed by atoms with Gasteiger partial charge in [0.15, 0.2) is 0 Å². The zero-order chi connectivity index (χ0) is 15.6. The van der Waals surface area contributed by atoms with Gasteiger partial charge in [-0.25, -0.2) is 0 Å². The van der Waals surface area contributed by atoms with Crippen molar-refractivity contribution >= 4 is 21.8 Å². The molecule has 2 aromatic carbocycles. The monoisotopic (exact) mass is 304 g/mol. The van der Waals surface area contributed by atoms with E-state index in [1.807, 2.05) is 0 Å². The molecular formula is C21H24N2. The number of aromatic nitrogens is 1. The van der Waals surface area contributed by atoms with Crippen LogP contribution < -0.4 is 5.73 Å². The number of rotatable bonds is 4. The summed E-state index contributed by atoms with van der Waals surface area (Å²) in [7, 11) is 0. The zero-order valence-corrected chi connectivity index (χ0v) is 13.8. The number of para-hydroxylation sites is 1. The predicted octanol–water partition coefficient (Wildman–Crippen LogP) is 4.58. The third-order valence-electron chi connectivity index (χ3n) is 6.15. The molecule has 0 radical (unpaired) electrons. The highest BCUT2D eigenvalue weighted by molar-refractivity contribution is 6.08. The molecule has 23 heavy (non-hydrogen) atoms. The largest absolute Gasteiger partial charge is 0.340 e. The van der Waals surface area contributed by atoms with Gasteiger partial charge in [0, 0.05) is 39.8 Å². The standard InChI is InChI=1S/C21H24N2/c1-14(22)21(10-11-21)16-8-9-20-18(12-16)17-4-2-3-5-19(17)23(20)13-15-6-7-15/h2-5,8-9,12,14-15H,6-7,10-11,13,22H2,1H3. The maximum Gasteiger partial charge on any atom is 0.0491 e. The third kappa shape index (κ3) is 1.98. The lowest BCUT2D eigenvalue weighted by Crippen LogP contribution is -2.31. The summed E-state index contributed by atoms with van der Waals surface area (Å²) >= 11 is 0. The van der Waals surface area contributed by atoms with Crippen molar-refractivity contribution in [3.8, 4) is 0 Å². The first-order valence-electron chi connectivity index (χ1n) is 8.96. The van der Waals surface area contributed by atoms with Crippen LogP contribution in [0.25, 0.3) is 21.8 Å². The average Bonchev–Trinajstić information content (AvgIpc) is 3.46. The average molecular weight is 304 g/mol. The molecule has 2 aliphatic rings. The predicted molar refractivity (Wildman–Crippen MR) is 96.7 cm³/mol. The van der Waals surface area contributed by atoms with Gasteiger partial charge in [-0.3, -0.25) is 0 Å². The van der Waals surface area contributed by atoms with Crippen LogP contribution in [0.4, 0.5) is 0 Å². The van der Waals surface area contributed by atoms with E-state index in [9.17, 15) is 0 Å². The second-order valence-corrected chi connectivity index (χ2v) is 7.75. The van der Waals surface area contributed by atoms with E-state index >= 15 is 0 Å². The van der Waals surface area contributed by atoms with Crippen molar-refractivity contribution in [1.29, 1.82) is 0 Å². The van der Waals surface area contributed by atoms with Gasteiger partial charge in [-0.15, -0.1) is 0 Å². The number of hydrogen-bond acceptors (Lipinski definition) is 1. The summed E-state index contributed by atoms with van der Waals surface area (Å²) in [6, 6.07) is 16.2. The van der Waals surface area contributed by atoms with Crippen molar-refractivity contribution in [2.24, 2.45) is 11.7 Å². The van der Waals surface area contributed by atoms with Gasteiger partial charge < -0.3 is 10.3 Å². The Morgan fingerprint density at radius 2 is 1.83 bits per heavy atom. The van der Waals surface area contributed by atoms with Crippen molar-refractivity contribution in [2.45, 2.75) is 50.6 Å². The van der Waals surface area contributed by atoms with Gasteiger partial charge in [0.1, 0.15) is 0 Å². The summed E-state index contributed by atoms with van der Waals surface area (Å²) in [6.07, 6.45) is 5.24. The summed E-state index contributed by atoms with van der Waals surface area (Å²) in [4.78, 5) is 0. The Hall–Kier alpha value is -1.80. The van der Waals surface area contributed by atoms with Gasteiger partial charge in [0.25, 0.3) is 0 Å². The van der Waals surface area contributed by atoms with E-state index in [4.69, 9.17) is 5.73 Å². The molecule has 118 valence electrons. The normalized spacial score (nSPS) is 21.0. The maximum atomic E-state index is 6.30. The molecule has 0 amide bonds. The van der Waals surface area contributed by atoms with Crippen LogP contribution in [0.2, 0.25) is 0 Å². The van der Waals surface area contributed by atoms with E-state index in [0.29, 0.717) is 0 Å². The van der Waals surface area contributed by atoms with E-state index in [1.165, 1.54) is 59.6 Å². The summed E-state index contributed by atoms with van der Waals surface area (Å²) < 4.78 is 2.54. The van der Waals surface area contributed by atoms with Crippen molar-refractivity contribution in [1.82, 2.24) is 4.57 Å². The van der Waals surface area contributed by atoms with Crippen LogP contribution in [0.5, 0.6) is 0 Å². The van der Waals surface area contributed by atoms with Crippen molar-refractivity contribution in [3.05, 3.63) is 48.0 Å². The lowest BCUT2D eigenvalue weighted by atomic mass is 9.88. The van der Waals surface area contributed by atoms with Crippen molar-refractivity contribution < 1.29 is 0 Å². The molecule has 0 bridgehead atoms. The van der Waals surface area contributed by atoms with Gasteiger partial charge in [-0.1, -0.05) is 24.3 Å². The minimum Gasteiger partial charge on any atom is -0.340 e. The first-order valence-corrected chi connectivity index (χ1v) is 8.96. The maximum absolute atomic E-state index is 6.30. The Morgan fingerprint density at radius 3 is 2.52 bits per heavy atom. The number of fused-ring (bicyclic) bond motifs is 3. The smallest absolute Gasteiger partial charge is 0.0491 e. The molecule has 2 aliphatic carbocycles. The lowest BCUT2D eigenvalue weighted by Gasteiger charge is -2.20. The fourth-order valence-electron chi connectivity index (χ4n) is 4.26. The molecule has 1 unspecified atom stereocenters. The van der Waals surface area contributed by atoms with E-state index in [2.05, 4.69) is 54.0 Å². The highest BCUT2D eigenvalue weighted by Gasteiger charge is 2.47. The molecule has 1 aromatic heterocycles. The van der Waals surface area contributed by atoms with Gasteiger partial charge in [-0.2, -0.15) is 0 Å². The van der Waals surface area contributed by atoms with Crippen LogP contribution in [-0.4, -0.2) is 10.6 Å². The highest BCUT2D eigenvalue weighted by Crippen LogP contribution is 2.51. The highest BCUT2D eigenvalue weighted by atomic mass is 15.0. The summed E-state index contributed by atoms with van der Waals surface area (Å²) in [5.74, 6) is 0.882. The SMILES string of the molecule is CC(N)C1(c2ccc3c(c2)c2ccccc2n3CC2CC2)CC1. The molecule has 2 saturated carbocycles. The van der Waals surface area contributed by atoms with Crippen LogP contribution in [-0.2, 0) is 12.0 Å². The van der Waals surface area contributed by atoms with Crippen LogP contribution in [0.3, 0.4) is 0 Å². The van der Waals surface area contributed by atoms with Crippen molar-refractivity contribution in [3.63, 3.8) is 0 Å². The number of benzene rings is 2. The molecule has 5 rings (SSSR count). The van der Waals surface area contributed by atoms with E-state index in [1.54, 1.807) is 0 Å². The zero-order valence-electron chi connectivity index (χ0n) is 13.8. The Balaban J connectivity index is 1.74. The molecule has 0 aliphatic heterocycles. The molecule has 1 atom stereocenters. The van der Waals surface area contributed by atoms with Gasteiger partial charge in [-0.05, 0) is 62.3 Å². The molecule has 0 spiro atoms. The summed E-state index contributed by atoms with van der Waals surface area (Å²) in [6.45, 7) is 3.33. The van der Waals surface area contributed by atoms with Gasteiger partial charge >= 0.3 is 0 Å². The topological polar surface area (TPSA) is 30.9 Å². The third-order valence-corrected chi connectivity index (χ3v) is 6.15. The Kier molecular flexibility index (Phi) is 2.73. The van der Waals surface area contributed by atoms with E-state index < -0.39 is 0 Å². The molecule has 2 fully saturated rings. The van der Waals surface area contributed by atoms with Crippen molar-refractivity contribution in [2.75, 3.05) is 0 Å². The first-order chi connectivity index (χ1) is 11.2.